The van der Waals surface area contributed by atoms with E-state index in [-0.39, 0.29) is 49.5 Å². The molecule has 7 N–H and O–H groups in total. The molecule has 0 aliphatic carbocycles. The van der Waals surface area contributed by atoms with E-state index in [2.05, 4.69) is 26.6 Å². The van der Waals surface area contributed by atoms with Gasteiger partial charge in [0.25, 0.3) is 11.8 Å². The van der Waals surface area contributed by atoms with Gasteiger partial charge in [0.05, 0.1) is 24.6 Å². The molecule has 2 aromatic carbocycles. The highest BCUT2D eigenvalue weighted by Crippen LogP contribution is 2.41. The van der Waals surface area contributed by atoms with Crippen LogP contribution >= 0.6 is 11.8 Å². The average molecular weight is 1180 g/mol. The summed E-state index contributed by atoms with van der Waals surface area (Å²) in [6, 6.07) is 7.88. The number of halogens is 2. The van der Waals surface area contributed by atoms with Crippen molar-refractivity contribution < 1.29 is 71.0 Å². The number of esters is 2. The van der Waals surface area contributed by atoms with Crippen LogP contribution in [0.5, 0.6) is 0 Å². The predicted molar refractivity (Wildman–Crippen MR) is 304 cm³/mol. The fraction of sp³-hybridized carbons (Fsp3) is 0.500. The summed E-state index contributed by atoms with van der Waals surface area (Å²) in [6.45, 7) is 17.6. The van der Waals surface area contributed by atoms with Crippen molar-refractivity contribution >= 4 is 76.9 Å². The lowest BCUT2D eigenvalue weighted by molar-refractivity contribution is -0.165. The number of hydrogen-bond donors (Lipinski definition) is 6. The minimum Gasteiger partial charge on any atom is -0.460 e. The molecule has 1 aliphatic heterocycles. The van der Waals surface area contributed by atoms with Gasteiger partial charge in [-0.1, -0.05) is 51.1 Å². The summed E-state index contributed by atoms with van der Waals surface area (Å²) in [4.78, 5) is 145. The summed E-state index contributed by atoms with van der Waals surface area (Å²) in [7, 11) is 0. The van der Waals surface area contributed by atoms with Crippen molar-refractivity contribution in [3.8, 4) is 11.1 Å². The zero-order valence-corrected chi connectivity index (χ0v) is 49.6. The third-order valence-electron chi connectivity index (χ3n) is 12.3. The number of primary amides is 1. The molecular weight excluding hydrogens is 1100 g/mol. The van der Waals surface area contributed by atoms with Gasteiger partial charge in [0, 0.05) is 67.0 Å². The second-order valence-corrected chi connectivity index (χ2v) is 24.1. The number of nitrogens with two attached hydrogens (primary N) is 1. The van der Waals surface area contributed by atoms with Crippen molar-refractivity contribution in [3.05, 3.63) is 95.8 Å². The molecule has 0 saturated heterocycles. The molecule has 3 aromatic rings. The molecule has 2 heterocycles. The molecule has 0 saturated carbocycles. The maximum absolute atomic E-state index is 15.5. The van der Waals surface area contributed by atoms with Gasteiger partial charge >= 0.3 is 11.9 Å². The van der Waals surface area contributed by atoms with E-state index in [1.54, 1.807) is 58.7 Å². The maximum atomic E-state index is 15.5. The molecule has 0 radical (unpaired) electrons. The Morgan fingerprint density at radius 1 is 0.723 bits per heavy atom. The lowest BCUT2D eigenvalue weighted by Crippen LogP contribution is -2.56. The fourth-order valence-corrected chi connectivity index (χ4v) is 9.39. The van der Waals surface area contributed by atoms with E-state index in [9.17, 15) is 57.1 Å². The van der Waals surface area contributed by atoms with E-state index in [0.29, 0.717) is 16.2 Å². The first-order valence-corrected chi connectivity index (χ1v) is 28.1. The van der Waals surface area contributed by atoms with Gasteiger partial charge in [-0.25, -0.2) is 13.6 Å². The molecule has 1 aromatic heterocycles. The summed E-state index contributed by atoms with van der Waals surface area (Å²) < 4.78 is 43.0. The average Bonchev–Trinajstić information content (AvgIpc) is 3.86. The quantitative estimate of drug-likeness (QED) is 0.0342. The van der Waals surface area contributed by atoms with E-state index in [1.165, 1.54) is 13.8 Å². The number of thioether (sulfide) groups is 1. The Labute approximate surface area is 486 Å². The molecule has 9 amide bonds. The lowest BCUT2D eigenvalue weighted by atomic mass is 9.83. The van der Waals surface area contributed by atoms with Crippen molar-refractivity contribution in [1.82, 2.24) is 41.0 Å². The van der Waals surface area contributed by atoms with Crippen LogP contribution in [0.4, 0.5) is 8.78 Å². The summed E-state index contributed by atoms with van der Waals surface area (Å²) in [5, 5.41) is 12.4. The van der Waals surface area contributed by atoms with Gasteiger partial charge in [0.2, 0.25) is 41.4 Å². The number of imide groups is 1. The Morgan fingerprint density at radius 3 is 1.94 bits per heavy atom. The number of ether oxygens (including phenoxy) is 2. The summed E-state index contributed by atoms with van der Waals surface area (Å²) in [6.07, 6.45) is 2.42. The highest BCUT2D eigenvalue weighted by atomic mass is 32.2. The number of nitrogens with zero attached hydrogens (tertiary/aromatic N) is 3. The fourth-order valence-electron chi connectivity index (χ4n) is 8.58. The number of amides is 9. The van der Waals surface area contributed by atoms with Crippen molar-refractivity contribution in [1.29, 1.82) is 0 Å². The van der Waals surface area contributed by atoms with Gasteiger partial charge < -0.3 is 51.3 Å². The van der Waals surface area contributed by atoms with Gasteiger partial charge in [0.15, 0.2) is 0 Å². The molecular formula is C58H77F2N9O13S. The molecule has 25 heteroatoms. The minimum absolute atomic E-state index is 0.0155. The van der Waals surface area contributed by atoms with Gasteiger partial charge in [0.1, 0.15) is 53.5 Å². The Bertz CT molecular complexity index is 2900. The third-order valence-corrected chi connectivity index (χ3v) is 13.2. The Morgan fingerprint density at radius 2 is 1.34 bits per heavy atom. The van der Waals surface area contributed by atoms with Crippen LogP contribution in [0.3, 0.4) is 0 Å². The van der Waals surface area contributed by atoms with Gasteiger partial charge in [-0.15, -0.1) is 0 Å². The molecule has 0 spiro atoms. The first kappa shape index (κ1) is 67.5. The first-order chi connectivity index (χ1) is 38.6. The second-order valence-electron chi connectivity index (χ2n) is 23.0. The smallest absolute Gasteiger partial charge is 0.329 e. The summed E-state index contributed by atoms with van der Waals surface area (Å²) >= 11 is 1.11. The molecule has 452 valence electrons. The lowest BCUT2D eigenvalue weighted by Gasteiger charge is -2.41. The monoisotopic (exact) mass is 1180 g/mol. The second kappa shape index (κ2) is 29.8. The van der Waals surface area contributed by atoms with E-state index in [4.69, 9.17) is 15.2 Å². The molecule has 4 rings (SSSR count). The van der Waals surface area contributed by atoms with Crippen LogP contribution in [0.2, 0.25) is 0 Å². The first-order valence-electron chi connectivity index (χ1n) is 26.9. The normalized spacial score (nSPS) is 14.3. The van der Waals surface area contributed by atoms with Crippen molar-refractivity contribution in [2.45, 2.75) is 150 Å². The molecule has 22 nitrogen and oxygen atoms in total. The van der Waals surface area contributed by atoms with Gasteiger partial charge in [-0.3, -0.25) is 52.8 Å². The van der Waals surface area contributed by atoms with Crippen LogP contribution in [0.15, 0.2) is 72.9 Å². The standard InChI is InChI=1S/C58H77F2N9O13S/c1-34(63-46(72)32-69-47(73)20-21-48(69)74)52(77)64-35(2)53(78)66-41(28-44(61)70)54(79)62-23-15-24-68(49(75)33-83-25-22-45(71)65-42(55(80)82-58(9,10)11)29-50(76)81-57(6,7)8)51(56(3,4)5)43-26-37(39-27-38(59)18-19-40(39)60)31-67(43)30-36-16-13-12-14-17-36/h12-14,16-21,26-27,31,34-35,41-42,51H,15,22-25,28-30,32-33H2,1-11H3,(H2,61,70)(H,62,79)(H,63,72)(H,64,77)(H,65,71)(H,66,78)/t34-,35+,41-,42+,51-/m0/s1. The van der Waals surface area contributed by atoms with Crippen molar-refractivity contribution in [3.63, 3.8) is 0 Å². The van der Waals surface area contributed by atoms with E-state index in [0.717, 1.165) is 47.7 Å². The van der Waals surface area contributed by atoms with E-state index < -0.39 is 143 Å². The van der Waals surface area contributed by atoms with Gasteiger partial charge in [-0.05, 0) is 97.1 Å². The molecule has 0 fully saturated rings. The van der Waals surface area contributed by atoms with Crippen LogP contribution in [0.1, 0.15) is 119 Å². The van der Waals surface area contributed by atoms with Crippen LogP contribution in [-0.2, 0) is 68.8 Å². The number of hydrogen-bond acceptors (Lipinski definition) is 14. The largest absolute Gasteiger partial charge is 0.460 e. The number of rotatable bonds is 28. The van der Waals surface area contributed by atoms with Crippen LogP contribution in [0, 0.1) is 17.0 Å². The van der Waals surface area contributed by atoms with E-state index in [1.807, 2.05) is 55.7 Å². The SMILES string of the molecule is C[C@H](NC(=O)CN1C(=O)C=CC1=O)C(=O)N[C@H](C)C(=O)N[C@@H](CC(N)=O)C(=O)NCCCN(C(=O)CSCCC(=O)N[C@H](CC(=O)OC(C)(C)C)C(=O)OC(C)(C)C)[C@@H](c1cc(-c2cc(F)ccc2F)cn1Cc1ccccc1)C(C)(C)C. The van der Waals surface area contributed by atoms with Crippen molar-refractivity contribution in [2.24, 2.45) is 11.1 Å². The zero-order chi connectivity index (χ0) is 62.1. The Balaban J connectivity index is 1.56. The number of aromatic nitrogens is 1. The molecule has 1 aliphatic rings. The van der Waals surface area contributed by atoms with Gasteiger partial charge in [-0.2, -0.15) is 11.8 Å². The Kier molecular flexibility index (Phi) is 24.3. The molecule has 5 atom stereocenters. The van der Waals surface area contributed by atoms with Crippen LogP contribution in [-0.4, -0.2) is 146 Å². The zero-order valence-electron chi connectivity index (χ0n) is 48.8. The van der Waals surface area contributed by atoms with Crippen LogP contribution < -0.4 is 32.3 Å². The number of nitrogens with one attached hydrogen (secondary N) is 5. The van der Waals surface area contributed by atoms with E-state index >= 15 is 4.39 Å². The summed E-state index contributed by atoms with van der Waals surface area (Å²) in [5.74, 6) is -9.82. The number of carbonyl (C=O) groups is 11. The summed E-state index contributed by atoms with van der Waals surface area (Å²) in [5.41, 5.74) is 4.62. The number of benzene rings is 2. The Hall–Kier alpha value is -7.96. The maximum Gasteiger partial charge on any atom is 0.329 e. The topological polar surface area (TPSA) is 304 Å². The highest BCUT2D eigenvalue weighted by Gasteiger charge is 2.38. The highest BCUT2D eigenvalue weighted by molar-refractivity contribution is 7.99. The molecule has 0 bridgehead atoms. The predicted octanol–water partition coefficient (Wildman–Crippen LogP) is 3.88. The third kappa shape index (κ3) is 22.0. The molecule has 83 heavy (non-hydrogen) atoms. The van der Waals surface area contributed by atoms with Crippen LogP contribution in [0.25, 0.3) is 11.1 Å². The molecule has 0 unspecified atom stereocenters. The number of carbonyl (C=O) groups excluding carboxylic acids is 11. The minimum atomic E-state index is -1.53. The van der Waals surface area contributed by atoms with Crippen molar-refractivity contribution in [2.75, 3.05) is 31.1 Å².